The molecule has 1 aromatic carbocycles. The molecule has 2 aromatic heterocycles. The lowest BCUT2D eigenvalue weighted by Gasteiger charge is -1.95. The van der Waals surface area contributed by atoms with Gasteiger partial charge in [-0.1, -0.05) is 18.6 Å². The second-order valence-corrected chi connectivity index (χ2v) is 5.34. The van der Waals surface area contributed by atoms with Gasteiger partial charge in [0.05, 0.1) is 5.10 Å². The summed E-state index contributed by atoms with van der Waals surface area (Å²) < 4.78 is 4.44. The van der Waals surface area contributed by atoms with Crippen molar-refractivity contribution in [1.29, 1.82) is 0 Å². The Labute approximate surface area is 104 Å². The van der Waals surface area contributed by atoms with Gasteiger partial charge in [0.25, 0.3) is 0 Å². The third-order valence-corrected chi connectivity index (χ3v) is 4.29. The molecule has 0 fully saturated rings. The van der Waals surface area contributed by atoms with Gasteiger partial charge in [-0.2, -0.15) is 0 Å². The smallest absolute Gasteiger partial charge is 0.136 e. The predicted molar refractivity (Wildman–Crippen MR) is 70.2 cm³/mol. The van der Waals surface area contributed by atoms with E-state index in [0.717, 1.165) is 11.9 Å². The van der Waals surface area contributed by atoms with Crippen LogP contribution in [0, 0.1) is 6.92 Å². The molecule has 17 heavy (non-hydrogen) atoms. The average Bonchev–Trinajstić information content (AvgIpc) is 2.67. The molecule has 0 amide bonds. The van der Waals surface area contributed by atoms with Crippen LogP contribution in [0.3, 0.4) is 0 Å². The van der Waals surface area contributed by atoms with E-state index < -0.39 is 0 Å². The van der Waals surface area contributed by atoms with Gasteiger partial charge < -0.3 is 0 Å². The Morgan fingerprint density at radius 2 is 2.18 bits per heavy atom. The monoisotopic (exact) mass is 244 g/mol. The van der Waals surface area contributed by atoms with Crippen LogP contribution in [0.25, 0.3) is 20.3 Å². The standard InChI is InChI=1S/C13H14N3S/c1-4-10-13-12(14-15-16(10)3)9-7-8(2)5-6-11(9)17-13/h5-7H,4H2,1-3H3/q+1. The Morgan fingerprint density at radius 1 is 1.35 bits per heavy atom. The first-order valence-corrected chi connectivity index (χ1v) is 6.57. The van der Waals surface area contributed by atoms with E-state index in [1.54, 1.807) is 0 Å². The predicted octanol–water partition coefficient (Wildman–Crippen LogP) is 2.54. The molecule has 0 aliphatic carbocycles. The Bertz CT molecular complexity index is 715. The van der Waals surface area contributed by atoms with E-state index in [9.17, 15) is 0 Å². The molecule has 0 aliphatic rings. The van der Waals surface area contributed by atoms with Gasteiger partial charge in [0.1, 0.15) is 22.7 Å². The number of hydrogen-bond donors (Lipinski definition) is 0. The molecular weight excluding hydrogens is 230 g/mol. The van der Waals surface area contributed by atoms with E-state index in [4.69, 9.17) is 0 Å². The van der Waals surface area contributed by atoms with Crippen molar-refractivity contribution < 1.29 is 4.68 Å². The van der Waals surface area contributed by atoms with Gasteiger partial charge in [-0.15, -0.1) is 16.0 Å². The molecule has 2 heterocycles. The van der Waals surface area contributed by atoms with Crippen molar-refractivity contribution in [2.75, 3.05) is 0 Å². The number of aromatic nitrogens is 3. The quantitative estimate of drug-likeness (QED) is 0.616. The van der Waals surface area contributed by atoms with Crippen molar-refractivity contribution >= 4 is 31.6 Å². The van der Waals surface area contributed by atoms with Gasteiger partial charge in [0.15, 0.2) is 0 Å². The fourth-order valence-corrected chi connectivity index (χ4v) is 3.46. The maximum Gasteiger partial charge on any atom is 0.233 e. The van der Waals surface area contributed by atoms with Gasteiger partial charge in [0, 0.05) is 16.5 Å². The van der Waals surface area contributed by atoms with Crippen LogP contribution in [0.4, 0.5) is 0 Å². The lowest BCUT2D eigenvalue weighted by Crippen LogP contribution is -2.38. The van der Waals surface area contributed by atoms with Gasteiger partial charge >= 0.3 is 0 Å². The Balaban J connectivity index is 2.51. The number of benzene rings is 1. The highest BCUT2D eigenvalue weighted by Gasteiger charge is 2.18. The summed E-state index contributed by atoms with van der Waals surface area (Å²) in [4.78, 5) is 0. The summed E-state index contributed by atoms with van der Waals surface area (Å²) in [6.45, 7) is 4.27. The first-order valence-electron chi connectivity index (χ1n) is 5.75. The second kappa shape index (κ2) is 3.74. The SMILES string of the molecule is CCc1c2sc3ccc(C)cc3c2nn[n+]1C. The number of fused-ring (bicyclic) bond motifs is 3. The van der Waals surface area contributed by atoms with Crippen LogP contribution in [-0.2, 0) is 13.5 Å². The molecule has 3 nitrogen and oxygen atoms in total. The van der Waals surface area contributed by atoms with Crippen LogP contribution in [0.15, 0.2) is 18.2 Å². The lowest BCUT2D eigenvalue weighted by atomic mass is 10.1. The number of hydrogen-bond acceptors (Lipinski definition) is 3. The van der Waals surface area contributed by atoms with Crippen molar-refractivity contribution in [2.45, 2.75) is 20.3 Å². The minimum absolute atomic E-state index is 0.980. The molecule has 3 rings (SSSR count). The highest BCUT2D eigenvalue weighted by Crippen LogP contribution is 2.33. The molecule has 0 bridgehead atoms. The van der Waals surface area contributed by atoms with Crippen LogP contribution >= 0.6 is 11.3 Å². The van der Waals surface area contributed by atoms with E-state index in [-0.39, 0.29) is 0 Å². The van der Waals surface area contributed by atoms with E-state index in [1.165, 1.54) is 26.0 Å². The maximum absolute atomic E-state index is 4.34. The van der Waals surface area contributed by atoms with Crippen LogP contribution in [0.2, 0.25) is 0 Å². The molecule has 3 aromatic rings. The summed E-state index contributed by atoms with van der Waals surface area (Å²) in [6, 6.07) is 6.52. The highest BCUT2D eigenvalue weighted by molar-refractivity contribution is 7.25. The molecule has 0 N–H and O–H groups in total. The summed E-state index contributed by atoms with van der Waals surface area (Å²) in [5.74, 6) is 0. The molecule has 86 valence electrons. The first kappa shape index (κ1) is 10.6. The van der Waals surface area contributed by atoms with E-state index in [2.05, 4.69) is 42.4 Å². The Morgan fingerprint density at radius 3 is 2.94 bits per heavy atom. The van der Waals surface area contributed by atoms with E-state index in [0.29, 0.717) is 0 Å². The van der Waals surface area contributed by atoms with Crippen molar-refractivity contribution in [1.82, 2.24) is 10.3 Å². The largest absolute Gasteiger partial charge is 0.233 e. The molecule has 0 spiro atoms. The number of aryl methyl sites for hydroxylation is 3. The molecule has 4 heteroatoms. The molecule has 0 radical (unpaired) electrons. The molecule has 0 saturated carbocycles. The second-order valence-electron chi connectivity index (χ2n) is 4.29. The highest BCUT2D eigenvalue weighted by atomic mass is 32.1. The van der Waals surface area contributed by atoms with Crippen molar-refractivity contribution in [2.24, 2.45) is 7.05 Å². The average molecular weight is 244 g/mol. The molecular formula is C13H14N3S+. The van der Waals surface area contributed by atoms with Gasteiger partial charge in [-0.25, -0.2) is 0 Å². The number of thiophene rings is 1. The number of nitrogens with zero attached hydrogens (tertiary/aromatic N) is 3. The van der Waals surface area contributed by atoms with Crippen molar-refractivity contribution in [3.8, 4) is 0 Å². The van der Waals surface area contributed by atoms with Crippen LogP contribution in [-0.4, -0.2) is 10.3 Å². The zero-order valence-corrected chi connectivity index (χ0v) is 11.0. The zero-order valence-electron chi connectivity index (χ0n) is 10.2. The summed E-state index contributed by atoms with van der Waals surface area (Å²) >= 11 is 1.81. The van der Waals surface area contributed by atoms with E-state index in [1.807, 2.05) is 23.1 Å². The van der Waals surface area contributed by atoms with Crippen LogP contribution < -0.4 is 4.68 Å². The zero-order chi connectivity index (χ0) is 12.0. The van der Waals surface area contributed by atoms with E-state index >= 15 is 0 Å². The van der Waals surface area contributed by atoms with Crippen molar-refractivity contribution in [3.63, 3.8) is 0 Å². The van der Waals surface area contributed by atoms with Gasteiger partial charge in [0.2, 0.25) is 5.52 Å². The van der Waals surface area contributed by atoms with Gasteiger partial charge in [-0.3, -0.25) is 0 Å². The summed E-state index contributed by atoms with van der Waals surface area (Å²) in [5.41, 5.74) is 3.57. The topological polar surface area (TPSA) is 29.7 Å². The number of rotatable bonds is 1. The fraction of sp³-hybridized carbons (Fsp3) is 0.308. The molecule has 0 atom stereocenters. The third kappa shape index (κ3) is 1.52. The Hall–Kier alpha value is -1.55. The third-order valence-electron chi connectivity index (χ3n) is 3.08. The summed E-state index contributed by atoms with van der Waals surface area (Å²) in [5, 5.41) is 9.77. The Kier molecular flexibility index (Phi) is 2.33. The molecule has 0 unspecified atom stereocenters. The van der Waals surface area contributed by atoms with Crippen LogP contribution in [0.5, 0.6) is 0 Å². The lowest BCUT2D eigenvalue weighted by molar-refractivity contribution is -0.741. The minimum atomic E-state index is 0.980. The van der Waals surface area contributed by atoms with Crippen LogP contribution in [0.1, 0.15) is 18.2 Å². The minimum Gasteiger partial charge on any atom is -0.136 e. The fourth-order valence-electron chi connectivity index (χ4n) is 2.20. The van der Waals surface area contributed by atoms with Crippen molar-refractivity contribution in [3.05, 3.63) is 29.5 Å². The summed E-state index contributed by atoms with van der Waals surface area (Å²) in [6.07, 6.45) is 0.980. The summed E-state index contributed by atoms with van der Waals surface area (Å²) in [7, 11) is 1.96. The normalized spacial score (nSPS) is 11.5. The van der Waals surface area contributed by atoms with Gasteiger partial charge in [-0.05, 0) is 19.1 Å². The molecule has 0 aliphatic heterocycles. The molecule has 0 saturated heterocycles. The first-order chi connectivity index (χ1) is 8.20. The maximum atomic E-state index is 4.34.